The van der Waals surface area contributed by atoms with Gasteiger partial charge < -0.3 is 15.5 Å². The number of anilines is 1. The summed E-state index contributed by atoms with van der Waals surface area (Å²) >= 11 is 5.86. The molecule has 7 heteroatoms. The van der Waals surface area contributed by atoms with Crippen molar-refractivity contribution in [2.24, 2.45) is 5.73 Å². The van der Waals surface area contributed by atoms with Gasteiger partial charge in [0, 0.05) is 44.5 Å². The first-order chi connectivity index (χ1) is 11.2. The van der Waals surface area contributed by atoms with Gasteiger partial charge in [-0.1, -0.05) is 23.7 Å². The number of hydrogen-bond donors (Lipinski definition) is 1. The molecule has 0 saturated carbocycles. The first kappa shape index (κ1) is 18.5. The summed E-state index contributed by atoms with van der Waals surface area (Å²) in [6, 6.07) is 11.2. The van der Waals surface area contributed by atoms with Gasteiger partial charge in [-0.2, -0.15) is 0 Å². The highest BCUT2D eigenvalue weighted by atomic mass is 35.5. The van der Waals surface area contributed by atoms with Gasteiger partial charge in [0.05, 0.1) is 5.02 Å². The van der Waals surface area contributed by atoms with Crippen molar-refractivity contribution < 1.29 is 4.79 Å². The number of carbonyl (C=O) groups excluding carboxylic acids is 1. The lowest BCUT2D eigenvalue weighted by atomic mass is 10.1. The molecule has 5 nitrogen and oxygen atoms in total. The number of rotatable bonds is 3. The Morgan fingerprint density at radius 3 is 2.29 bits per heavy atom. The molecule has 0 radical (unpaired) electrons. The lowest BCUT2D eigenvalue weighted by molar-refractivity contribution is 0.0746. The Bertz CT molecular complexity index is 668. The molecule has 2 N–H and O–H groups in total. The van der Waals surface area contributed by atoms with Crippen molar-refractivity contribution in [3.63, 3.8) is 0 Å². The summed E-state index contributed by atoms with van der Waals surface area (Å²) in [4.78, 5) is 20.9. The van der Waals surface area contributed by atoms with Crippen molar-refractivity contribution in [2.45, 2.75) is 6.54 Å². The third-order valence-corrected chi connectivity index (χ3v) is 4.26. The van der Waals surface area contributed by atoms with Crippen LogP contribution in [-0.2, 0) is 6.54 Å². The molecule has 1 aromatic carbocycles. The van der Waals surface area contributed by atoms with E-state index in [9.17, 15) is 4.79 Å². The third kappa shape index (κ3) is 4.17. The molecule has 1 amide bonds. The monoisotopic (exact) mass is 366 g/mol. The summed E-state index contributed by atoms with van der Waals surface area (Å²) < 4.78 is 0. The van der Waals surface area contributed by atoms with E-state index in [0.717, 1.165) is 24.5 Å². The zero-order chi connectivity index (χ0) is 16.2. The maximum absolute atomic E-state index is 12.5. The van der Waals surface area contributed by atoms with Crippen LogP contribution in [0, 0.1) is 0 Å². The average molecular weight is 367 g/mol. The number of carbonyl (C=O) groups is 1. The van der Waals surface area contributed by atoms with Crippen molar-refractivity contribution in [2.75, 3.05) is 31.1 Å². The Morgan fingerprint density at radius 1 is 1.08 bits per heavy atom. The Morgan fingerprint density at radius 2 is 1.75 bits per heavy atom. The Labute approximate surface area is 152 Å². The van der Waals surface area contributed by atoms with Crippen molar-refractivity contribution in [1.82, 2.24) is 9.88 Å². The summed E-state index contributed by atoms with van der Waals surface area (Å²) in [5.41, 5.74) is 7.32. The van der Waals surface area contributed by atoms with Gasteiger partial charge in [0.1, 0.15) is 5.82 Å². The van der Waals surface area contributed by atoms with Crippen LogP contribution < -0.4 is 10.6 Å². The van der Waals surface area contributed by atoms with Gasteiger partial charge in [-0.25, -0.2) is 4.98 Å². The summed E-state index contributed by atoms with van der Waals surface area (Å²) in [5, 5.41) is 0.628. The zero-order valence-corrected chi connectivity index (χ0v) is 14.8. The second kappa shape index (κ2) is 8.33. The van der Waals surface area contributed by atoms with Crippen LogP contribution in [-0.4, -0.2) is 42.0 Å². The first-order valence-electron chi connectivity index (χ1n) is 7.62. The van der Waals surface area contributed by atoms with E-state index in [0.29, 0.717) is 30.2 Å². The maximum atomic E-state index is 12.5. The molecule has 1 aliphatic rings. The van der Waals surface area contributed by atoms with Gasteiger partial charge in [0.25, 0.3) is 5.91 Å². The van der Waals surface area contributed by atoms with Crippen LogP contribution in [0.1, 0.15) is 15.9 Å². The molecule has 0 aliphatic carbocycles. The highest BCUT2D eigenvalue weighted by molar-refractivity contribution is 6.30. The lowest BCUT2D eigenvalue weighted by Crippen LogP contribution is -2.49. The van der Waals surface area contributed by atoms with E-state index < -0.39 is 0 Å². The average Bonchev–Trinajstić information content (AvgIpc) is 2.62. The number of piperazine rings is 1. The fourth-order valence-corrected chi connectivity index (χ4v) is 2.77. The van der Waals surface area contributed by atoms with Crippen LogP contribution in [0.25, 0.3) is 0 Å². The van der Waals surface area contributed by atoms with Crippen LogP contribution in [0.5, 0.6) is 0 Å². The number of benzene rings is 1. The smallest absolute Gasteiger partial charge is 0.253 e. The predicted molar refractivity (Wildman–Crippen MR) is 98.9 cm³/mol. The van der Waals surface area contributed by atoms with Gasteiger partial charge in [0.2, 0.25) is 0 Å². The number of nitrogens with zero attached hydrogens (tertiary/aromatic N) is 3. The molecule has 2 heterocycles. The van der Waals surface area contributed by atoms with Gasteiger partial charge in [0.15, 0.2) is 0 Å². The topological polar surface area (TPSA) is 62.5 Å². The molecular formula is C17H20Cl2N4O. The van der Waals surface area contributed by atoms with Crippen molar-refractivity contribution in [3.8, 4) is 0 Å². The van der Waals surface area contributed by atoms with Crippen molar-refractivity contribution >= 4 is 35.7 Å². The van der Waals surface area contributed by atoms with E-state index in [-0.39, 0.29) is 18.3 Å². The van der Waals surface area contributed by atoms with Gasteiger partial charge in [-0.3, -0.25) is 4.79 Å². The third-order valence-electron chi connectivity index (χ3n) is 4.04. The van der Waals surface area contributed by atoms with Gasteiger partial charge in [-0.15, -0.1) is 12.4 Å². The number of nitrogens with two attached hydrogens (primary N) is 1. The Balaban J connectivity index is 0.00000208. The van der Waals surface area contributed by atoms with Crippen LogP contribution in [0.3, 0.4) is 0 Å². The van der Waals surface area contributed by atoms with E-state index in [2.05, 4.69) is 9.88 Å². The molecule has 1 saturated heterocycles. The SMILES string of the molecule is Cl.NCc1ccc(C(=O)N2CCN(c3ccc(Cl)cn3)CC2)cc1. The lowest BCUT2D eigenvalue weighted by Gasteiger charge is -2.35. The predicted octanol–water partition coefficient (Wildman–Crippen LogP) is 2.58. The van der Waals surface area contributed by atoms with E-state index in [1.807, 2.05) is 41.3 Å². The van der Waals surface area contributed by atoms with Crippen LogP contribution in [0.15, 0.2) is 42.6 Å². The number of aromatic nitrogens is 1. The molecular weight excluding hydrogens is 347 g/mol. The van der Waals surface area contributed by atoms with Crippen molar-refractivity contribution in [1.29, 1.82) is 0 Å². The molecule has 1 aromatic heterocycles. The molecule has 1 fully saturated rings. The quantitative estimate of drug-likeness (QED) is 0.906. The molecule has 0 atom stereocenters. The summed E-state index contributed by atoms with van der Waals surface area (Å²) in [6.07, 6.45) is 1.65. The fourth-order valence-electron chi connectivity index (χ4n) is 2.66. The molecule has 128 valence electrons. The number of hydrogen-bond acceptors (Lipinski definition) is 4. The first-order valence-corrected chi connectivity index (χ1v) is 8.00. The molecule has 0 bridgehead atoms. The van der Waals surface area contributed by atoms with Crippen molar-refractivity contribution in [3.05, 3.63) is 58.7 Å². The van der Waals surface area contributed by atoms with Gasteiger partial charge in [-0.05, 0) is 29.8 Å². The summed E-state index contributed by atoms with van der Waals surface area (Å²) in [7, 11) is 0. The molecule has 2 aromatic rings. The second-order valence-corrected chi connectivity index (χ2v) is 5.95. The minimum atomic E-state index is 0. The molecule has 0 spiro atoms. The minimum Gasteiger partial charge on any atom is -0.353 e. The molecule has 1 aliphatic heterocycles. The highest BCUT2D eigenvalue weighted by Crippen LogP contribution is 2.17. The molecule has 24 heavy (non-hydrogen) atoms. The second-order valence-electron chi connectivity index (χ2n) is 5.51. The largest absolute Gasteiger partial charge is 0.353 e. The van der Waals surface area contributed by atoms with E-state index in [4.69, 9.17) is 17.3 Å². The van der Waals surface area contributed by atoms with Crippen LogP contribution in [0.4, 0.5) is 5.82 Å². The highest BCUT2D eigenvalue weighted by Gasteiger charge is 2.22. The zero-order valence-electron chi connectivity index (χ0n) is 13.2. The molecule has 3 rings (SSSR count). The van der Waals surface area contributed by atoms with E-state index in [1.165, 1.54) is 0 Å². The standard InChI is InChI=1S/C17H19ClN4O.ClH/c18-15-5-6-16(20-12-15)21-7-9-22(10-8-21)17(23)14-3-1-13(11-19)2-4-14;/h1-6,12H,7-11,19H2;1H. The summed E-state index contributed by atoms with van der Waals surface area (Å²) in [6.45, 7) is 3.38. The Kier molecular flexibility index (Phi) is 6.43. The number of amides is 1. The summed E-state index contributed by atoms with van der Waals surface area (Å²) in [5.74, 6) is 0.964. The minimum absolute atomic E-state index is 0. The van der Waals surface area contributed by atoms with Gasteiger partial charge >= 0.3 is 0 Å². The maximum Gasteiger partial charge on any atom is 0.253 e. The van der Waals surface area contributed by atoms with Crippen LogP contribution in [0.2, 0.25) is 5.02 Å². The number of halogens is 2. The normalized spacial score (nSPS) is 14.2. The Hall–Kier alpha value is -1.82. The number of pyridine rings is 1. The van der Waals surface area contributed by atoms with Crippen LogP contribution >= 0.6 is 24.0 Å². The molecule has 0 unspecified atom stereocenters. The van der Waals surface area contributed by atoms with E-state index in [1.54, 1.807) is 6.20 Å². The fraction of sp³-hybridized carbons (Fsp3) is 0.294. The van der Waals surface area contributed by atoms with E-state index >= 15 is 0 Å².